The lowest BCUT2D eigenvalue weighted by Crippen LogP contribution is -2.17. The number of ether oxygens (including phenoxy) is 3. The van der Waals surface area contributed by atoms with Gasteiger partial charge in [0, 0.05) is 23.3 Å². The standard InChI is InChI=1S/C26H25N3O7/c1-4-34-23-12-10-19(15-24(23)35-5-2)26(31)36-22-13-11-21(29(32)33)14-20(22)16-27-28-25(30)18-8-6-17(3)7-9-18/h6-16H,4-5H2,1-3H3,(H,28,30)/b27-16+. The van der Waals surface area contributed by atoms with Crippen molar-refractivity contribution in [3.63, 3.8) is 0 Å². The lowest BCUT2D eigenvalue weighted by atomic mass is 10.1. The maximum Gasteiger partial charge on any atom is 0.343 e. The van der Waals surface area contributed by atoms with Gasteiger partial charge in [-0.3, -0.25) is 14.9 Å². The summed E-state index contributed by atoms with van der Waals surface area (Å²) < 4.78 is 16.5. The van der Waals surface area contributed by atoms with E-state index in [1.165, 1.54) is 36.5 Å². The SMILES string of the molecule is CCOc1ccc(C(=O)Oc2ccc([N+](=O)[O-])cc2/C=N/NC(=O)c2ccc(C)cc2)cc1OCC. The van der Waals surface area contributed by atoms with Crippen LogP contribution in [0.1, 0.15) is 45.7 Å². The molecule has 0 fully saturated rings. The normalized spacial score (nSPS) is 10.6. The predicted octanol–water partition coefficient (Wildman–Crippen LogP) is 4.68. The minimum absolute atomic E-state index is 0.0192. The van der Waals surface area contributed by atoms with E-state index in [-0.39, 0.29) is 22.6 Å². The highest BCUT2D eigenvalue weighted by atomic mass is 16.6. The van der Waals surface area contributed by atoms with Gasteiger partial charge < -0.3 is 14.2 Å². The number of nitro benzene ring substituents is 1. The Morgan fingerprint density at radius 1 is 0.917 bits per heavy atom. The first-order chi connectivity index (χ1) is 17.3. The lowest BCUT2D eigenvalue weighted by Gasteiger charge is -2.12. The third-order valence-corrected chi connectivity index (χ3v) is 4.87. The van der Waals surface area contributed by atoms with E-state index < -0.39 is 16.8 Å². The summed E-state index contributed by atoms with van der Waals surface area (Å²) in [5, 5.41) is 15.1. The lowest BCUT2D eigenvalue weighted by molar-refractivity contribution is -0.384. The Labute approximate surface area is 207 Å². The summed E-state index contributed by atoms with van der Waals surface area (Å²) in [6.07, 6.45) is 1.17. The molecule has 186 valence electrons. The van der Waals surface area contributed by atoms with Crippen molar-refractivity contribution in [3.05, 3.63) is 93.0 Å². The smallest absolute Gasteiger partial charge is 0.343 e. The summed E-state index contributed by atoms with van der Waals surface area (Å²) in [6.45, 7) is 6.33. The molecule has 0 aliphatic heterocycles. The van der Waals surface area contributed by atoms with Gasteiger partial charge in [0.05, 0.1) is 29.9 Å². The van der Waals surface area contributed by atoms with Crippen molar-refractivity contribution in [2.45, 2.75) is 20.8 Å². The maximum absolute atomic E-state index is 12.8. The first kappa shape index (κ1) is 25.9. The van der Waals surface area contributed by atoms with E-state index in [9.17, 15) is 19.7 Å². The molecule has 3 aromatic rings. The topological polar surface area (TPSA) is 129 Å². The number of hydrogen-bond donors (Lipinski definition) is 1. The zero-order valence-electron chi connectivity index (χ0n) is 20.0. The number of carbonyl (C=O) groups excluding carboxylic acids is 2. The molecule has 0 unspecified atom stereocenters. The van der Waals surface area contributed by atoms with Gasteiger partial charge in [0.15, 0.2) is 11.5 Å². The number of hydrogen-bond acceptors (Lipinski definition) is 8. The van der Waals surface area contributed by atoms with Gasteiger partial charge in [-0.2, -0.15) is 5.10 Å². The second-order valence-electron chi connectivity index (χ2n) is 7.46. The minimum Gasteiger partial charge on any atom is -0.490 e. The average Bonchev–Trinajstić information content (AvgIpc) is 2.86. The number of carbonyl (C=O) groups is 2. The van der Waals surface area contributed by atoms with Crippen LogP contribution in [0.3, 0.4) is 0 Å². The van der Waals surface area contributed by atoms with Crippen molar-refractivity contribution in [3.8, 4) is 17.2 Å². The summed E-state index contributed by atoms with van der Waals surface area (Å²) in [7, 11) is 0. The predicted molar refractivity (Wildman–Crippen MR) is 133 cm³/mol. The molecular formula is C26H25N3O7. The Balaban J connectivity index is 1.83. The van der Waals surface area contributed by atoms with Crippen LogP contribution >= 0.6 is 0 Å². The van der Waals surface area contributed by atoms with Crippen molar-refractivity contribution in [1.29, 1.82) is 0 Å². The van der Waals surface area contributed by atoms with E-state index in [4.69, 9.17) is 14.2 Å². The van der Waals surface area contributed by atoms with Gasteiger partial charge in [-0.05, 0) is 57.2 Å². The van der Waals surface area contributed by atoms with Crippen molar-refractivity contribution >= 4 is 23.8 Å². The number of hydrazone groups is 1. The summed E-state index contributed by atoms with van der Waals surface area (Å²) in [4.78, 5) is 35.8. The second kappa shape index (κ2) is 12.1. The van der Waals surface area contributed by atoms with Gasteiger partial charge in [0.25, 0.3) is 11.6 Å². The fourth-order valence-electron chi connectivity index (χ4n) is 3.11. The number of nitrogens with zero attached hydrogens (tertiary/aromatic N) is 2. The Kier molecular flexibility index (Phi) is 8.71. The number of aryl methyl sites for hydroxylation is 1. The molecular weight excluding hydrogens is 466 g/mol. The molecule has 3 rings (SSSR count). The zero-order valence-corrected chi connectivity index (χ0v) is 20.0. The molecule has 0 radical (unpaired) electrons. The van der Waals surface area contributed by atoms with Crippen LogP contribution in [0.15, 0.2) is 65.8 Å². The Hall–Kier alpha value is -4.73. The quantitative estimate of drug-likeness (QED) is 0.143. The van der Waals surface area contributed by atoms with Gasteiger partial charge in [0.2, 0.25) is 0 Å². The van der Waals surface area contributed by atoms with Crippen LogP contribution in [0, 0.1) is 17.0 Å². The fraction of sp³-hybridized carbons (Fsp3) is 0.192. The highest BCUT2D eigenvalue weighted by Gasteiger charge is 2.17. The molecule has 0 aliphatic rings. The zero-order chi connectivity index (χ0) is 26.1. The van der Waals surface area contributed by atoms with Gasteiger partial charge in [-0.15, -0.1) is 0 Å². The Morgan fingerprint density at radius 2 is 1.56 bits per heavy atom. The largest absolute Gasteiger partial charge is 0.490 e. The summed E-state index contributed by atoms with van der Waals surface area (Å²) in [6, 6.07) is 15.2. The molecule has 0 saturated heterocycles. The average molecular weight is 492 g/mol. The molecule has 0 bridgehead atoms. The monoisotopic (exact) mass is 491 g/mol. The van der Waals surface area contributed by atoms with Crippen LogP contribution in [-0.2, 0) is 0 Å². The van der Waals surface area contributed by atoms with Crippen LogP contribution < -0.4 is 19.6 Å². The van der Waals surface area contributed by atoms with Gasteiger partial charge in [-0.1, -0.05) is 17.7 Å². The molecule has 0 heterocycles. The third kappa shape index (κ3) is 6.66. The number of benzene rings is 3. The summed E-state index contributed by atoms with van der Waals surface area (Å²) in [5.41, 5.74) is 3.83. The minimum atomic E-state index is -0.716. The number of rotatable bonds is 10. The molecule has 10 nitrogen and oxygen atoms in total. The van der Waals surface area contributed by atoms with Crippen molar-refractivity contribution in [1.82, 2.24) is 5.43 Å². The van der Waals surface area contributed by atoms with Gasteiger partial charge in [0.1, 0.15) is 5.75 Å². The van der Waals surface area contributed by atoms with E-state index in [1.54, 1.807) is 37.3 Å². The van der Waals surface area contributed by atoms with Crippen LogP contribution in [0.5, 0.6) is 17.2 Å². The molecule has 0 saturated carbocycles. The molecule has 0 spiro atoms. The summed E-state index contributed by atoms with van der Waals surface area (Å²) in [5.74, 6) is -0.286. The molecule has 0 atom stereocenters. The third-order valence-electron chi connectivity index (χ3n) is 4.87. The van der Waals surface area contributed by atoms with Gasteiger partial charge in [-0.25, -0.2) is 10.2 Å². The van der Waals surface area contributed by atoms with E-state index in [1.807, 2.05) is 13.8 Å². The van der Waals surface area contributed by atoms with E-state index in [0.717, 1.165) is 5.56 Å². The van der Waals surface area contributed by atoms with Crippen LogP contribution in [0.4, 0.5) is 5.69 Å². The first-order valence-corrected chi connectivity index (χ1v) is 11.1. The highest BCUT2D eigenvalue weighted by molar-refractivity contribution is 5.96. The van der Waals surface area contributed by atoms with Gasteiger partial charge >= 0.3 is 5.97 Å². The molecule has 3 aromatic carbocycles. The van der Waals surface area contributed by atoms with Crippen LogP contribution in [-0.4, -0.2) is 36.2 Å². The van der Waals surface area contributed by atoms with Crippen LogP contribution in [0.25, 0.3) is 0 Å². The number of nitrogens with one attached hydrogen (secondary N) is 1. The van der Waals surface area contributed by atoms with Crippen molar-refractivity contribution in [2.75, 3.05) is 13.2 Å². The molecule has 0 aromatic heterocycles. The number of nitro groups is 1. The molecule has 1 N–H and O–H groups in total. The van der Waals surface area contributed by atoms with E-state index in [0.29, 0.717) is 30.3 Å². The Morgan fingerprint density at radius 3 is 2.22 bits per heavy atom. The first-order valence-electron chi connectivity index (χ1n) is 11.1. The van der Waals surface area contributed by atoms with E-state index in [2.05, 4.69) is 10.5 Å². The molecule has 36 heavy (non-hydrogen) atoms. The number of non-ortho nitro benzene ring substituents is 1. The van der Waals surface area contributed by atoms with Crippen molar-refractivity contribution < 1.29 is 28.7 Å². The maximum atomic E-state index is 12.8. The van der Waals surface area contributed by atoms with Crippen LogP contribution in [0.2, 0.25) is 0 Å². The highest BCUT2D eigenvalue weighted by Crippen LogP contribution is 2.30. The van der Waals surface area contributed by atoms with E-state index >= 15 is 0 Å². The second-order valence-corrected chi connectivity index (χ2v) is 7.46. The molecule has 1 amide bonds. The number of amides is 1. The van der Waals surface area contributed by atoms with Crippen molar-refractivity contribution in [2.24, 2.45) is 5.10 Å². The summed E-state index contributed by atoms with van der Waals surface area (Å²) >= 11 is 0. The molecule has 0 aliphatic carbocycles. The Bertz CT molecular complexity index is 1290. The molecule has 10 heteroatoms. The number of esters is 1. The fourth-order valence-corrected chi connectivity index (χ4v) is 3.11.